The van der Waals surface area contributed by atoms with Crippen molar-refractivity contribution in [1.29, 1.82) is 0 Å². The van der Waals surface area contributed by atoms with Crippen molar-refractivity contribution in [3.63, 3.8) is 0 Å². The normalized spacial score (nSPS) is 23.0. The van der Waals surface area contributed by atoms with Crippen molar-refractivity contribution in [3.05, 3.63) is 35.9 Å². The van der Waals surface area contributed by atoms with Crippen LogP contribution in [0, 0.1) is 5.92 Å². The highest BCUT2D eigenvalue weighted by molar-refractivity contribution is 5.23. The molecule has 1 aliphatic carbocycles. The Bertz CT molecular complexity index is 339. The summed E-state index contributed by atoms with van der Waals surface area (Å²) in [7, 11) is 0. The fourth-order valence-corrected chi connectivity index (χ4v) is 2.86. The number of aliphatic hydroxyl groups is 2. The molecule has 1 fully saturated rings. The number of hydrogen-bond donors (Lipinski definition) is 2. The van der Waals surface area contributed by atoms with Crippen LogP contribution in [0.25, 0.3) is 0 Å². The number of hydrogen-bond acceptors (Lipinski definition) is 2. The molecule has 2 nitrogen and oxygen atoms in total. The monoisotopic (exact) mass is 234 g/mol. The molecule has 0 amide bonds. The van der Waals surface area contributed by atoms with Gasteiger partial charge in [0.1, 0.15) is 5.60 Å². The maximum atomic E-state index is 10.6. The van der Waals surface area contributed by atoms with E-state index in [9.17, 15) is 10.2 Å². The van der Waals surface area contributed by atoms with Crippen molar-refractivity contribution in [2.24, 2.45) is 5.92 Å². The summed E-state index contributed by atoms with van der Waals surface area (Å²) in [6.07, 6.45) is 5.01. The van der Waals surface area contributed by atoms with Gasteiger partial charge in [0, 0.05) is 0 Å². The zero-order valence-corrected chi connectivity index (χ0v) is 10.5. The predicted molar refractivity (Wildman–Crippen MR) is 68.6 cm³/mol. The molecule has 2 heteroatoms. The number of rotatable bonds is 3. The SMILES string of the molecule is CC(O)(c1ccccc1)C(O)C1CCCCC1. The quantitative estimate of drug-likeness (QED) is 0.844. The summed E-state index contributed by atoms with van der Waals surface area (Å²) in [6.45, 7) is 1.72. The van der Waals surface area contributed by atoms with E-state index in [4.69, 9.17) is 0 Å². The molecule has 0 radical (unpaired) electrons. The summed E-state index contributed by atoms with van der Waals surface area (Å²) in [5.74, 6) is 0.235. The van der Waals surface area contributed by atoms with Crippen molar-refractivity contribution in [3.8, 4) is 0 Å². The van der Waals surface area contributed by atoms with Crippen molar-refractivity contribution >= 4 is 0 Å². The van der Waals surface area contributed by atoms with Gasteiger partial charge in [-0.1, -0.05) is 49.6 Å². The highest BCUT2D eigenvalue weighted by Crippen LogP contribution is 2.35. The van der Waals surface area contributed by atoms with E-state index < -0.39 is 11.7 Å². The lowest BCUT2D eigenvalue weighted by molar-refractivity contribution is -0.100. The van der Waals surface area contributed by atoms with Gasteiger partial charge in [0.2, 0.25) is 0 Å². The number of benzene rings is 1. The third kappa shape index (κ3) is 2.70. The first-order chi connectivity index (χ1) is 8.12. The zero-order chi connectivity index (χ0) is 12.3. The van der Waals surface area contributed by atoms with Crippen LogP contribution in [0.1, 0.15) is 44.6 Å². The highest BCUT2D eigenvalue weighted by atomic mass is 16.3. The van der Waals surface area contributed by atoms with E-state index in [1.807, 2.05) is 30.3 Å². The van der Waals surface area contributed by atoms with Crippen LogP contribution in [0.3, 0.4) is 0 Å². The minimum atomic E-state index is -1.14. The van der Waals surface area contributed by atoms with Gasteiger partial charge in [-0.05, 0) is 31.2 Å². The third-order valence-corrected chi connectivity index (χ3v) is 4.03. The third-order valence-electron chi connectivity index (χ3n) is 4.03. The molecule has 2 N–H and O–H groups in total. The molecular weight excluding hydrogens is 212 g/mol. The second-order valence-electron chi connectivity index (χ2n) is 5.36. The summed E-state index contributed by atoms with van der Waals surface area (Å²) in [6, 6.07) is 9.49. The van der Waals surface area contributed by atoms with Crippen LogP contribution >= 0.6 is 0 Å². The summed E-state index contributed by atoms with van der Waals surface area (Å²) >= 11 is 0. The van der Waals surface area contributed by atoms with Crippen LogP contribution in [0.5, 0.6) is 0 Å². The first-order valence-corrected chi connectivity index (χ1v) is 6.58. The Morgan fingerprint density at radius 3 is 2.29 bits per heavy atom. The van der Waals surface area contributed by atoms with Crippen LogP contribution in [0.2, 0.25) is 0 Å². The topological polar surface area (TPSA) is 40.5 Å². The van der Waals surface area contributed by atoms with Gasteiger partial charge in [0.25, 0.3) is 0 Å². The van der Waals surface area contributed by atoms with Crippen molar-refractivity contribution in [1.82, 2.24) is 0 Å². The molecule has 2 atom stereocenters. The fraction of sp³-hybridized carbons (Fsp3) is 0.600. The molecule has 2 unspecified atom stereocenters. The van der Waals surface area contributed by atoms with Gasteiger partial charge in [-0.3, -0.25) is 0 Å². The average molecular weight is 234 g/mol. The van der Waals surface area contributed by atoms with Crippen LogP contribution in [0.4, 0.5) is 0 Å². The Morgan fingerprint density at radius 2 is 1.71 bits per heavy atom. The smallest absolute Gasteiger partial charge is 0.113 e. The van der Waals surface area contributed by atoms with E-state index in [-0.39, 0.29) is 5.92 Å². The first kappa shape index (κ1) is 12.6. The molecule has 17 heavy (non-hydrogen) atoms. The van der Waals surface area contributed by atoms with Gasteiger partial charge in [-0.25, -0.2) is 0 Å². The number of aliphatic hydroxyl groups excluding tert-OH is 1. The van der Waals surface area contributed by atoms with Crippen molar-refractivity contribution in [2.45, 2.75) is 50.7 Å². The Balaban J connectivity index is 2.14. The van der Waals surface area contributed by atoms with Gasteiger partial charge in [0.15, 0.2) is 0 Å². The van der Waals surface area contributed by atoms with E-state index >= 15 is 0 Å². The minimum absolute atomic E-state index is 0.235. The molecule has 0 bridgehead atoms. The molecule has 94 valence electrons. The second-order valence-corrected chi connectivity index (χ2v) is 5.36. The molecule has 1 aromatic carbocycles. The molecule has 0 saturated heterocycles. The molecule has 0 aromatic heterocycles. The van der Waals surface area contributed by atoms with E-state index in [0.29, 0.717) is 0 Å². The van der Waals surface area contributed by atoms with Crippen LogP contribution in [-0.4, -0.2) is 16.3 Å². The fourth-order valence-electron chi connectivity index (χ4n) is 2.86. The lowest BCUT2D eigenvalue weighted by Crippen LogP contribution is -2.42. The van der Waals surface area contributed by atoms with Gasteiger partial charge < -0.3 is 10.2 Å². The summed E-state index contributed by atoms with van der Waals surface area (Å²) in [5, 5.41) is 21.0. The minimum Gasteiger partial charge on any atom is -0.389 e. The molecule has 0 spiro atoms. The predicted octanol–water partition coefficient (Wildman–Crippen LogP) is 2.84. The van der Waals surface area contributed by atoms with Gasteiger partial charge >= 0.3 is 0 Å². The van der Waals surface area contributed by atoms with Gasteiger partial charge in [-0.15, -0.1) is 0 Å². The Kier molecular flexibility index (Phi) is 3.85. The Morgan fingerprint density at radius 1 is 1.12 bits per heavy atom. The molecule has 0 aliphatic heterocycles. The molecule has 0 heterocycles. The van der Waals surface area contributed by atoms with Gasteiger partial charge in [0.05, 0.1) is 6.10 Å². The molecule has 1 aromatic rings. The summed E-state index contributed by atoms with van der Waals surface area (Å²) in [5.41, 5.74) is -0.332. The maximum absolute atomic E-state index is 10.6. The van der Waals surface area contributed by atoms with Crippen molar-refractivity contribution < 1.29 is 10.2 Å². The zero-order valence-electron chi connectivity index (χ0n) is 10.5. The maximum Gasteiger partial charge on any atom is 0.113 e. The van der Waals surface area contributed by atoms with Crippen LogP contribution < -0.4 is 0 Å². The summed E-state index contributed by atoms with van der Waals surface area (Å²) in [4.78, 5) is 0. The molecular formula is C15H22O2. The summed E-state index contributed by atoms with van der Waals surface area (Å²) < 4.78 is 0. The molecule has 1 aliphatic rings. The van der Waals surface area contributed by atoms with E-state index in [1.54, 1.807) is 6.92 Å². The van der Waals surface area contributed by atoms with E-state index in [1.165, 1.54) is 19.3 Å². The van der Waals surface area contributed by atoms with E-state index in [0.717, 1.165) is 18.4 Å². The Labute approximate surface area is 103 Å². The standard InChI is InChI=1S/C15H22O2/c1-15(17,13-10-6-3-7-11-13)14(16)12-8-4-2-5-9-12/h3,6-7,10-12,14,16-17H,2,4-5,8-9H2,1H3. The highest BCUT2D eigenvalue weighted by Gasteiger charge is 2.37. The van der Waals surface area contributed by atoms with E-state index in [2.05, 4.69) is 0 Å². The van der Waals surface area contributed by atoms with Crippen molar-refractivity contribution in [2.75, 3.05) is 0 Å². The lowest BCUT2D eigenvalue weighted by atomic mass is 9.76. The Hall–Kier alpha value is -0.860. The van der Waals surface area contributed by atoms with Gasteiger partial charge in [-0.2, -0.15) is 0 Å². The molecule has 2 rings (SSSR count). The lowest BCUT2D eigenvalue weighted by Gasteiger charge is -2.36. The molecule has 1 saturated carbocycles. The average Bonchev–Trinajstić information content (AvgIpc) is 2.40. The second kappa shape index (κ2) is 5.19. The first-order valence-electron chi connectivity index (χ1n) is 6.58. The van der Waals surface area contributed by atoms with Crippen LogP contribution in [0.15, 0.2) is 30.3 Å². The largest absolute Gasteiger partial charge is 0.389 e. The van der Waals surface area contributed by atoms with Crippen LogP contribution in [-0.2, 0) is 5.60 Å².